The van der Waals surface area contributed by atoms with E-state index in [1.165, 1.54) is 10.4 Å². The average molecular weight is 556 g/mol. The van der Waals surface area contributed by atoms with Crippen molar-refractivity contribution in [2.75, 3.05) is 19.7 Å². The van der Waals surface area contributed by atoms with Crippen LogP contribution in [0.1, 0.15) is 52.7 Å². The van der Waals surface area contributed by atoms with Gasteiger partial charge >= 0.3 is 0 Å². The monoisotopic (exact) mass is 554 g/mol. The van der Waals surface area contributed by atoms with Crippen LogP contribution >= 0.6 is 27.3 Å². The molecule has 0 bridgehead atoms. The van der Waals surface area contributed by atoms with Crippen molar-refractivity contribution < 1.29 is 14.3 Å². The second kappa shape index (κ2) is 11.4. The van der Waals surface area contributed by atoms with Crippen LogP contribution < -0.4 is 4.74 Å². The third kappa shape index (κ3) is 5.96. The molecule has 35 heavy (non-hydrogen) atoms. The lowest BCUT2D eigenvalue weighted by atomic mass is 10.00. The van der Waals surface area contributed by atoms with Crippen LogP contribution in [0.5, 0.6) is 5.75 Å². The number of rotatable bonds is 8. The number of benzene rings is 2. The molecule has 2 heterocycles. The molecule has 7 heteroatoms. The number of ether oxygens (including phenoxy) is 1. The van der Waals surface area contributed by atoms with Crippen LogP contribution in [0.25, 0.3) is 0 Å². The minimum atomic E-state index is -0.182. The molecule has 2 unspecified atom stereocenters. The van der Waals surface area contributed by atoms with Gasteiger partial charge in [0.2, 0.25) is 5.91 Å². The number of fused-ring (bicyclic) bond motifs is 1. The Morgan fingerprint density at radius 3 is 2.69 bits per heavy atom. The number of amides is 2. The minimum absolute atomic E-state index is 0.0425. The van der Waals surface area contributed by atoms with Crippen molar-refractivity contribution >= 4 is 39.1 Å². The van der Waals surface area contributed by atoms with E-state index < -0.39 is 0 Å². The molecule has 3 aromatic rings. The summed E-state index contributed by atoms with van der Waals surface area (Å²) in [6.07, 6.45) is 1.59. The molecule has 5 nitrogen and oxygen atoms in total. The average Bonchev–Trinajstić information content (AvgIpc) is 3.35. The SMILES string of the molecule is CCC(C)N(CC(=O)N1CCc2sccc2C1COc1ccc(C)cc1)C(=O)c1cccc(Br)c1. The highest BCUT2D eigenvalue weighted by molar-refractivity contribution is 9.10. The third-order valence-electron chi connectivity index (χ3n) is 6.60. The fraction of sp³-hybridized carbons (Fsp3) is 0.357. The van der Waals surface area contributed by atoms with E-state index in [0.29, 0.717) is 18.7 Å². The molecule has 0 saturated heterocycles. The quantitative estimate of drug-likeness (QED) is 0.330. The second-order valence-electron chi connectivity index (χ2n) is 8.98. The minimum Gasteiger partial charge on any atom is -0.491 e. The third-order valence-corrected chi connectivity index (χ3v) is 8.09. The van der Waals surface area contributed by atoms with Crippen molar-refractivity contribution in [2.24, 2.45) is 0 Å². The summed E-state index contributed by atoms with van der Waals surface area (Å²) in [6.45, 7) is 7.11. The summed E-state index contributed by atoms with van der Waals surface area (Å²) in [5.74, 6) is 0.606. The van der Waals surface area contributed by atoms with E-state index in [-0.39, 0.29) is 30.4 Å². The Kier molecular flexibility index (Phi) is 8.29. The molecule has 1 aliphatic rings. The Morgan fingerprint density at radius 2 is 1.97 bits per heavy atom. The van der Waals surface area contributed by atoms with Crippen LogP contribution in [-0.4, -0.2) is 47.4 Å². The van der Waals surface area contributed by atoms with E-state index >= 15 is 0 Å². The lowest BCUT2D eigenvalue weighted by Crippen LogP contribution is -2.49. The molecule has 0 fully saturated rings. The van der Waals surface area contributed by atoms with Gasteiger partial charge in [-0.05, 0) is 74.0 Å². The predicted octanol–water partition coefficient (Wildman–Crippen LogP) is 6.26. The fourth-order valence-electron chi connectivity index (χ4n) is 4.36. The van der Waals surface area contributed by atoms with Gasteiger partial charge < -0.3 is 14.5 Å². The van der Waals surface area contributed by atoms with Gasteiger partial charge in [0.1, 0.15) is 18.9 Å². The van der Waals surface area contributed by atoms with Crippen LogP contribution in [0, 0.1) is 6.92 Å². The summed E-state index contributed by atoms with van der Waals surface area (Å²) >= 11 is 5.18. The number of aryl methyl sites for hydroxylation is 1. The summed E-state index contributed by atoms with van der Waals surface area (Å²) in [6, 6.07) is 17.1. The molecule has 0 aliphatic carbocycles. The van der Waals surface area contributed by atoms with Gasteiger partial charge in [0.15, 0.2) is 0 Å². The summed E-state index contributed by atoms with van der Waals surface area (Å²) in [5, 5.41) is 2.08. The van der Waals surface area contributed by atoms with E-state index in [9.17, 15) is 9.59 Å². The van der Waals surface area contributed by atoms with E-state index in [4.69, 9.17) is 4.74 Å². The summed E-state index contributed by atoms with van der Waals surface area (Å²) < 4.78 is 6.98. The topological polar surface area (TPSA) is 49.9 Å². The number of hydrogen-bond donors (Lipinski definition) is 0. The van der Waals surface area contributed by atoms with E-state index in [1.807, 2.05) is 62.1 Å². The number of halogens is 1. The number of thiophene rings is 1. The van der Waals surface area contributed by atoms with Gasteiger partial charge in [0.05, 0.1) is 6.04 Å². The summed E-state index contributed by atoms with van der Waals surface area (Å²) in [7, 11) is 0. The molecule has 0 spiro atoms. The number of carbonyl (C=O) groups is 2. The van der Waals surface area contributed by atoms with E-state index in [2.05, 4.69) is 27.4 Å². The Morgan fingerprint density at radius 1 is 1.20 bits per heavy atom. The van der Waals surface area contributed by atoms with E-state index in [1.54, 1.807) is 28.4 Å². The first-order valence-corrected chi connectivity index (χ1v) is 13.7. The van der Waals surface area contributed by atoms with Gasteiger partial charge in [-0.3, -0.25) is 9.59 Å². The maximum absolute atomic E-state index is 13.7. The standard InChI is InChI=1S/C28H31BrN2O3S/c1-4-20(3)31(28(33)21-6-5-7-22(29)16-21)17-27(32)30-14-12-26-24(13-15-35-26)25(30)18-34-23-10-8-19(2)9-11-23/h5-11,13,15-16,20,25H,4,12,14,17-18H2,1-3H3. The van der Waals surface area contributed by atoms with Crippen molar-refractivity contribution in [1.82, 2.24) is 9.80 Å². The Balaban J connectivity index is 1.54. The maximum atomic E-state index is 13.7. The highest BCUT2D eigenvalue weighted by Gasteiger charge is 2.34. The zero-order valence-electron chi connectivity index (χ0n) is 20.4. The van der Waals surface area contributed by atoms with Crippen LogP contribution in [0.15, 0.2) is 64.5 Å². The molecule has 0 saturated carbocycles. The molecule has 184 valence electrons. The number of nitrogens with zero attached hydrogens (tertiary/aromatic N) is 2. The van der Waals surface area contributed by atoms with Gasteiger partial charge in [-0.2, -0.15) is 0 Å². The van der Waals surface area contributed by atoms with Gasteiger partial charge in [-0.15, -0.1) is 11.3 Å². The van der Waals surface area contributed by atoms with Crippen molar-refractivity contribution in [1.29, 1.82) is 0 Å². The molecule has 0 N–H and O–H groups in total. The largest absolute Gasteiger partial charge is 0.491 e. The zero-order chi connectivity index (χ0) is 24.9. The summed E-state index contributed by atoms with van der Waals surface area (Å²) in [5.41, 5.74) is 2.90. The van der Waals surface area contributed by atoms with Gasteiger partial charge in [-0.1, -0.05) is 46.6 Å². The highest BCUT2D eigenvalue weighted by Crippen LogP contribution is 2.34. The maximum Gasteiger partial charge on any atom is 0.254 e. The van der Waals surface area contributed by atoms with Crippen molar-refractivity contribution in [2.45, 2.75) is 45.7 Å². The smallest absolute Gasteiger partial charge is 0.254 e. The first-order chi connectivity index (χ1) is 16.9. The van der Waals surface area contributed by atoms with Crippen LogP contribution in [0.3, 0.4) is 0 Å². The van der Waals surface area contributed by atoms with Gasteiger partial charge in [0, 0.05) is 27.5 Å². The lowest BCUT2D eigenvalue weighted by molar-refractivity contribution is -0.136. The number of hydrogen-bond acceptors (Lipinski definition) is 4. The summed E-state index contributed by atoms with van der Waals surface area (Å²) in [4.78, 5) is 32.0. The highest BCUT2D eigenvalue weighted by atomic mass is 79.9. The first kappa shape index (κ1) is 25.5. The molecular weight excluding hydrogens is 524 g/mol. The second-order valence-corrected chi connectivity index (χ2v) is 10.9. The van der Waals surface area contributed by atoms with Crippen LogP contribution in [0.4, 0.5) is 0 Å². The zero-order valence-corrected chi connectivity index (χ0v) is 22.8. The molecule has 1 aromatic heterocycles. The molecule has 1 aliphatic heterocycles. The predicted molar refractivity (Wildman–Crippen MR) is 144 cm³/mol. The molecule has 2 aromatic carbocycles. The van der Waals surface area contributed by atoms with Crippen LogP contribution in [0.2, 0.25) is 0 Å². The van der Waals surface area contributed by atoms with Gasteiger partial charge in [0.25, 0.3) is 5.91 Å². The normalized spacial score (nSPS) is 15.9. The Bertz CT molecular complexity index is 1180. The molecule has 2 amide bonds. The Hall–Kier alpha value is -2.64. The van der Waals surface area contributed by atoms with Crippen LogP contribution in [-0.2, 0) is 11.2 Å². The molecule has 2 atom stereocenters. The van der Waals surface area contributed by atoms with Crippen molar-refractivity contribution in [3.63, 3.8) is 0 Å². The number of carbonyl (C=O) groups excluding carboxylic acids is 2. The molecule has 0 radical (unpaired) electrons. The molecule has 4 rings (SSSR count). The lowest BCUT2D eigenvalue weighted by Gasteiger charge is -2.38. The molecular formula is C28H31BrN2O3S. The van der Waals surface area contributed by atoms with Crippen molar-refractivity contribution in [3.05, 3.63) is 86.0 Å². The van der Waals surface area contributed by atoms with Crippen molar-refractivity contribution in [3.8, 4) is 5.75 Å². The first-order valence-electron chi connectivity index (χ1n) is 12.0. The van der Waals surface area contributed by atoms with Gasteiger partial charge in [-0.25, -0.2) is 0 Å². The fourth-order valence-corrected chi connectivity index (χ4v) is 5.68. The van der Waals surface area contributed by atoms with E-state index in [0.717, 1.165) is 28.6 Å². The Labute approximate surface area is 219 Å².